The predicted octanol–water partition coefficient (Wildman–Crippen LogP) is 2.46. The van der Waals surface area contributed by atoms with Crippen LogP contribution in [0.4, 0.5) is 4.39 Å². The minimum absolute atomic E-state index is 0.243. The molecule has 0 bridgehead atoms. The van der Waals surface area contributed by atoms with E-state index in [1.54, 1.807) is 16.7 Å². The lowest BCUT2D eigenvalue weighted by atomic mass is 10.1. The van der Waals surface area contributed by atoms with E-state index >= 15 is 0 Å². The summed E-state index contributed by atoms with van der Waals surface area (Å²) in [5.41, 5.74) is 4.11. The van der Waals surface area contributed by atoms with Gasteiger partial charge in [-0.1, -0.05) is 11.6 Å². The minimum Gasteiger partial charge on any atom is -0.305 e. The van der Waals surface area contributed by atoms with Gasteiger partial charge in [0.05, 0.1) is 17.1 Å². The Morgan fingerprint density at radius 1 is 1.40 bits per heavy atom. The number of hydrogen-bond acceptors (Lipinski definition) is 2. The number of H-pyrrole nitrogens is 1. The molecule has 1 N–H and O–H groups in total. The standard InChI is InChI=1S/C14H13ClFN3O/c1-18-7-9-6-10(16)2-3-12(9)19-13(8-18)11(4-5-15)17-14(19)20/h2-6H,7-8H2,1H3,(H,17,20). The molecule has 0 fully saturated rings. The van der Waals surface area contributed by atoms with Gasteiger partial charge >= 0.3 is 5.69 Å². The topological polar surface area (TPSA) is 41.0 Å². The Hall–Kier alpha value is -1.85. The molecule has 3 rings (SSSR count). The fraction of sp³-hybridized carbons (Fsp3) is 0.214. The van der Waals surface area contributed by atoms with Crippen LogP contribution >= 0.6 is 11.6 Å². The van der Waals surface area contributed by atoms with Crippen LogP contribution in [0.15, 0.2) is 28.5 Å². The van der Waals surface area contributed by atoms with E-state index < -0.39 is 0 Å². The SMILES string of the molecule is CN1Cc2cc(F)ccc2-n2c(c(C=CCl)[nH]c2=O)C1. The van der Waals surface area contributed by atoms with Crippen LogP contribution in [0.3, 0.4) is 0 Å². The van der Waals surface area contributed by atoms with Crippen molar-refractivity contribution in [1.82, 2.24) is 14.5 Å². The molecule has 0 unspecified atom stereocenters. The van der Waals surface area contributed by atoms with Crippen molar-refractivity contribution in [3.05, 3.63) is 57.0 Å². The van der Waals surface area contributed by atoms with Crippen LogP contribution in [0.2, 0.25) is 0 Å². The van der Waals surface area contributed by atoms with E-state index in [4.69, 9.17) is 11.6 Å². The molecule has 1 aliphatic rings. The lowest BCUT2D eigenvalue weighted by molar-refractivity contribution is 0.319. The Morgan fingerprint density at radius 3 is 2.95 bits per heavy atom. The van der Waals surface area contributed by atoms with Crippen molar-refractivity contribution in [2.45, 2.75) is 13.1 Å². The Labute approximate surface area is 120 Å². The molecule has 1 aliphatic heterocycles. The molecule has 2 heterocycles. The molecule has 104 valence electrons. The smallest absolute Gasteiger partial charge is 0.305 e. The first-order chi connectivity index (χ1) is 9.60. The van der Waals surface area contributed by atoms with Crippen molar-refractivity contribution in [3.8, 4) is 5.69 Å². The van der Waals surface area contributed by atoms with Crippen molar-refractivity contribution < 1.29 is 4.39 Å². The molecule has 20 heavy (non-hydrogen) atoms. The third-order valence-corrected chi connectivity index (χ3v) is 3.52. The number of aromatic amines is 1. The number of fused-ring (bicyclic) bond motifs is 3. The normalized spacial score (nSPS) is 15.2. The predicted molar refractivity (Wildman–Crippen MR) is 76.4 cm³/mol. The van der Waals surface area contributed by atoms with Gasteiger partial charge in [0.2, 0.25) is 0 Å². The summed E-state index contributed by atoms with van der Waals surface area (Å²) in [6.45, 7) is 1.16. The van der Waals surface area contributed by atoms with E-state index in [9.17, 15) is 9.18 Å². The van der Waals surface area contributed by atoms with Gasteiger partial charge in [-0.05, 0) is 36.9 Å². The van der Waals surface area contributed by atoms with Crippen molar-refractivity contribution in [2.75, 3.05) is 7.05 Å². The third kappa shape index (κ3) is 2.09. The van der Waals surface area contributed by atoms with Gasteiger partial charge in [0.15, 0.2) is 0 Å². The highest BCUT2D eigenvalue weighted by Gasteiger charge is 2.22. The first-order valence-electron chi connectivity index (χ1n) is 6.18. The van der Waals surface area contributed by atoms with Crippen molar-refractivity contribution in [1.29, 1.82) is 0 Å². The van der Waals surface area contributed by atoms with E-state index in [-0.39, 0.29) is 11.5 Å². The fourth-order valence-electron chi connectivity index (χ4n) is 2.60. The first-order valence-corrected chi connectivity index (χ1v) is 6.62. The van der Waals surface area contributed by atoms with Gasteiger partial charge in [-0.25, -0.2) is 9.18 Å². The second kappa shape index (κ2) is 4.92. The summed E-state index contributed by atoms with van der Waals surface area (Å²) < 4.78 is 15.0. The maximum atomic E-state index is 13.4. The van der Waals surface area contributed by atoms with Crippen molar-refractivity contribution >= 4 is 17.7 Å². The zero-order chi connectivity index (χ0) is 14.3. The maximum absolute atomic E-state index is 13.4. The summed E-state index contributed by atoms with van der Waals surface area (Å²) in [4.78, 5) is 17.0. The molecular formula is C14H13ClFN3O. The fourth-order valence-corrected chi connectivity index (χ4v) is 2.73. The van der Waals surface area contributed by atoms with Gasteiger partial charge in [-0.15, -0.1) is 0 Å². The van der Waals surface area contributed by atoms with E-state index in [2.05, 4.69) is 4.98 Å². The van der Waals surface area contributed by atoms with Crippen LogP contribution in [0, 0.1) is 5.82 Å². The third-order valence-electron chi connectivity index (χ3n) is 3.40. The Bertz CT molecular complexity index is 747. The summed E-state index contributed by atoms with van der Waals surface area (Å²) in [6, 6.07) is 4.47. The molecule has 0 aliphatic carbocycles. The lowest BCUT2D eigenvalue weighted by Gasteiger charge is -2.13. The average molecular weight is 294 g/mol. The second-order valence-electron chi connectivity index (χ2n) is 4.86. The quantitative estimate of drug-likeness (QED) is 0.877. The summed E-state index contributed by atoms with van der Waals surface area (Å²) in [6.07, 6.45) is 1.65. The Kier molecular flexibility index (Phi) is 3.23. The van der Waals surface area contributed by atoms with Crippen LogP contribution in [0.5, 0.6) is 0 Å². The number of nitrogens with zero attached hydrogens (tertiary/aromatic N) is 2. The van der Waals surface area contributed by atoms with Crippen LogP contribution in [0.1, 0.15) is 17.0 Å². The number of aromatic nitrogens is 2. The Morgan fingerprint density at radius 2 is 2.20 bits per heavy atom. The highest BCUT2D eigenvalue weighted by molar-refractivity contribution is 6.27. The summed E-state index contributed by atoms with van der Waals surface area (Å²) in [5, 5.41) is 0. The van der Waals surface area contributed by atoms with Gasteiger partial charge in [0, 0.05) is 18.6 Å². The molecule has 0 atom stereocenters. The minimum atomic E-state index is -0.301. The highest BCUT2D eigenvalue weighted by atomic mass is 35.5. The van der Waals surface area contributed by atoms with Crippen molar-refractivity contribution in [3.63, 3.8) is 0 Å². The van der Waals surface area contributed by atoms with Gasteiger partial charge in [0.25, 0.3) is 0 Å². The first kappa shape index (κ1) is 13.1. The molecular weight excluding hydrogens is 281 g/mol. The van der Waals surface area contributed by atoms with E-state index in [1.165, 1.54) is 17.7 Å². The molecule has 0 radical (unpaired) electrons. The number of halogens is 2. The monoisotopic (exact) mass is 293 g/mol. The van der Waals surface area contributed by atoms with Gasteiger partial charge < -0.3 is 4.98 Å². The number of imidazole rings is 1. The van der Waals surface area contributed by atoms with Crippen LogP contribution < -0.4 is 5.69 Å². The number of hydrogen-bond donors (Lipinski definition) is 1. The molecule has 1 aromatic heterocycles. The highest BCUT2D eigenvalue weighted by Crippen LogP contribution is 2.24. The molecule has 1 aromatic carbocycles. The lowest BCUT2D eigenvalue weighted by Crippen LogP contribution is -2.18. The van der Waals surface area contributed by atoms with Gasteiger partial charge in [-0.3, -0.25) is 9.47 Å². The average Bonchev–Trinajstić information content (AvgIpc) is 2.60. The Balaban J connectivity index is 2.31. The number of rotatable bonds is 1. The maximum Gasteiger partial charge on any atom is 0.330 e. The summed E-state index contributed by atoms with van der Waals surface area (Å²) in [7, 11) is 1.93. The van der Waals surface area contributed by atoms with Crippen molar-refractivity contribution in [2.24, 2.45) is 0 Å². The second-order valence-corrected chi connectivity index (χ2v) is 5.12. The molecule has 4 nitrogen and oxygen atoms in total. The van der Waals surface area contributed by atoms with Gasteiger partial charge in [-0.2, -0.15) is 0 Å². The van der Waals surface area contributed by atoms with Crippen LogP contribution in [-0.4, -0.2) is 21.5 Å². The molecule has 0 saturated carbocycles. The molecule has 2 aromatic rings. The van der Waals surface area contributed by atoms with Crippen LogP contribution in [0.25, 0.3) is 11.8 Å². The largest absolute Gasteiger partial charge is 0.330 e. The number of benzene rings is 1. The van der Waals surface area contributed by atoms with Gasteiger partial charge in [0.1, 0.15) is 5.82 Å². The molecule has 6 heteroatoms. The van der Waals surface area contributed by atoms with E-state index in [0.717, 1.165) is 11.3 Å². The zero-order valence-electron chi connectivity index (χ0n) is 10.9. The van der Waals surface area contributed by atoms with E-state index in [1.807, 2.05) is 11.9 Å². The molecule has 0 spiro atoms. The molecule has 0 amide bonds. The molecule has 0 saturated heterocycles. The van der Waals surface area contributed by atoms with Crippen LogP contribution in [-0.2, 0) is 13.1 Å². The van der Waals surface area contributed by atoms with E-state index in [0.29, 0.717) is 24.5 Å². The summed E-state index contributed by atoms with van der Waals surface area (Å²) in [5.74, 6) is -0.301. The number of nitrogens with one attached hydrogen (secondary N) is 1. The zero-order valence-corrected chi connectivity index (χ0v) is 11.6. The summed E-state index contributed by atoms with van der Waals surface area (Å²) >= 11 is 5.61.